The van der Waals surface area contributed by atoms with Crippen LogP contribution < -0.4 is 20.1 Å². The molecule has 1 aromatic carbocycles. The minimum Gasteiger partial charge on any atom is -0.462 e. The number of benzene rings is 1. The fourth-order valence-corrected chi connectivity index (χ4v) is 11.2. The highest BCUT2D eigenvalue weighted by molar-refractivity contribution is 8.26. The number of nitrogens with zero attached hydrogens (tertiary/aromatic N) is 2. The highest BCUT2D eigenvalue weighted by Gasteiger charge is 2.47. The van der Waals surface area contributed by atoms with Crippen molar-refractivity contribution < 1.29 is 66.8 Å². The predicted molar refractivity (Wildman–Crippen MR) is 248 cm³/mol. The summed E-state index contributed by atoms with van der Waals surface area (Å²) >= 11 is 3.61. The molecule has 0 aliphatic carbocycles. The molecule has 0 atom stereocenters. The van der Waals surface area contributed by atoms with E-state index in [1.165, 1.54) is 23.9 Å². The first kappa shape index (κ1) is 53.6. The van der Waals surface area contributed by atoms with Crippen molar-refractivity contribution in [3.8, 4) is 11.5 Å². The number of unbranched alkanes of at least 4 members (excludes halogenated alkanes) is 4. The minimum atomic E-state index is -1.00. The van der Waals surface area contributed by atoms with Crippen LogP contribution in [0.5, 0.6) is 11.5 Å². The fourth-order valence-electron chi connectivity index (χ4n) is 5.71. The summed E-state index contributed by atoms with van der Waals surface area (Å²) in [6, 6.07) is 0. The number of esters is 4. The zero-order chi connectivity index (χ0) is 48.5. The van der Waals surface area contributed by atoms with Crippen LogP contribution in [0.3, 0.4) is 0 Å². The number of carbonyl (C=O) groups excluding carboxylic acids is 8. The van der Waals surface area contributed by atoms with E-state index in [9.17, 15) is 38.4 Å². The number of rotatable bonds is 24. The second kappa shape index (κ2) is 26.3. The number of hydrogen-bond donors (Lipinski definition) is 2. The topological polar surface area (TPSA) is 222 Å². The molecular formula is C44H56N4O14S4. The van der Waals surface area contributed by atoms with Crippen molar-refractivity contribution in [2.24, 2.45) is 0 Å². The first-order chi connectivity index (χ1) is 31.6. The molecule has 18 nitrogen and oxygen atoms in total. The zero-order valence-corrected chi connectivity index (χ0v) is 41.2. The number of thioether (sulfide) groups is 4. The van der Waals surface area contributed by atoms with E-state index in [2.05, 4.69) is 23.8 Å². The summed E-state index contributed by atoms with van der Waals surface area (Å²) in [6.07, 6.45) is 3.27. The summed E-state index contributed by atoms with van der Waals surface area (Å²) in [5.41, 5.74) is -0.228. The van der Waals surface area contributed by atoms with Gasteiger partial charge >= 0.3 is 36.1 Å². The Hall–Kier alpha value is -5.06. The van der Waals surface area contributed by atoms with E-state index in [4.69, 9.17) is 28.4 Å². The van der Waals surface area contributed by atoms with Gasteiger partial charge in [0.25, 0.3) is 11.8 Å². The maximum absolute atomic E-state index is 14.2. The van der Waals surface area contributed by atoms with Gasteiger partial charge < -0.3 is 39.1 Å². The van der Waals surface area contributed by atoms with Gasteiger partial charge in [0.05, 0.1) is 54.4 Å². The van der Waals surface area contributed by atoms with Gasteiger partial charge in [-0.25, -0.2) is 38.8 Å². The van der Waals surface area contributed by atoms with Crippen LogP contribution in [0.1, 0.15) is 92.9 Å². The van der Waals surface area contributed by atoms with Crippen LogP contribution >= 0.6 is 47.0 Å². The number of amides is 4. The maximum Gasteiger partial charge on any atom is 0.412 e. The number of ether oxygens (including phenoxy) is 6. The average Bonchev–Trinajstić information content (AvgIpc) is 3.97. The predicted octanol–water partition coefficient (Wildman–Crippen LogP) is 7.79. The molecular weight excluding hydrogens is 937 g/mol. The van der Waals surface area contributed by atoms with Crippen molar-refractivity contribution in [1.29, 1.82) is 0 Å². The molecule has 0 aromatic heterocycles. The van der Waals surface area contributed by atoms with Gasteiger partial charge in [0.1, 0.15) is 18.8 Å². The lowest BCUT2D eigenvalue weighted by Crippen LogP contribution is -2.42. The number of fused-ring (bicyclic) bond motifs is 2. The molecule has 0 radical (unpaired) electrons. The maximum atomic E-state index is 14.2. The van der Waals surface area contributed by atoms with Crippen LogP contribution in [0, 0.1) is 0 Å². The van der Waals surface area contributed by atoms with Gasteiger partial charge in [0.2, 0.25) is 0 Å². The van der Waals surface area contributed by atoms with Crippen molar-refractivity contribution in [2.45, 2.75) is 112 Å². The number of hydrogen-bond acceptors (Lipinski definition) is 18. The number of nitrogens with one attached hydrogen (secondary N) is 2. The van der Waals surface area contributed by atoms with E-state index < -0.39 is 53.5 Å². The summed E-state index contributed by atoms with van der Waals surface area (Å²) in [5.74, 6) is -4.50. The number of hydrazine groups is 1. The first-order valence-electron chi connectivity index (χ1n) is 21.6. The highest BCUT2D eigenvalue weighted by atomic mass is 32.2. The largest absolute Gasteiger partial charge is 0.462 e. The van der Waals surface area contributed by atoms with E-state index in [0.717, 1.165) is 59.9 Å². The molecule has 66 heavy (non-hydrogen) atoms. The van der Waals surface area contributed by atoms with E-state index >= 15 is 0 Å². The molecule has 2 N–H and O–H groups in total. The first-order valence-corrected chi connectivity index (χ1v) is 24.8. The van der Waals surface area contributed by atoms with Crippen molar-refractivity contribution in [3.05, 3.63) is 43.9 Å². The Labute approximate surface area is 401 Å². The Bertz CT molecular complexity index is 1990. The zero-order valence-electron chi connectivity index (χ0n) is 38.0. The van der Waals surface area contributed by atoms with Gasteiger partial charge in [0.15, 0.2) is 17.1 Å². The molecule has 0 spiro atoms. The summed E-state index contributed by atoms with van der Waals surface area (Å²) < 4.78 is 33.5. The molecule has 4 rings (SSSR count). The number of carbonyl (C=O) groups is 8. The Morgan fingerprint density at radius 1 is 0.530 bits per heavy atom. The molecule has 360 valence electrons. The van der Waals surface area contributed by atoms with Crippen LogP contribution in [0.4, 0.5) is 9.59 Å². The highest BCUT2D eigenvalue weighted by Crippen LogP contribution is 2.68. The van der Waals surface area contributed by atoms with E-state index in [-0.39, 0.29) is 95.8 Å². The van der Waals surface area contributed by atoms with Crippen molar-refractivity contribution >= 4 is 94.9 Å². The molecule has 0 saturated carbocycles. The van der Waals surface area contributed by atoms with Crippen LogP contribution in [-0.2, 0) is 47.7 Å². The van der Waals surface area contributed by atoms with Gasteiger partial charge in [-0.15, -0.1) is 0 Å². The fraction of sp³-hybridized carbons (Fsp3) is 0.500. The molecule has 4 amide bonds. The monoisotopic (exact) mass is 992 g/mol. The SMILES string of the molecule is C=C(C)C(=O)OCCNC(=O)Oc1c2c(c(OC(=O)NCCOC(=O)C(=C)C)c3c1SC(=C1C(=O)N(CCCC)N(CCCC)C1=O)S3)SC(=C(C(=O)OCCCC)C(=O)OCCCC)S2. The Morgan fingerprint density at radius 3 is 1.26 bits per heavy atom. The molecule has 22 heteroatoms. The second-order valence-corrected chi connectivity index (χ2v) is 19.3. The third-order valence-corrected chi connectivity index (χ3v) is 14.4. The minimum absolute atomic E-state index is 0.0191. The van der Waals surface area contributed by atoms with E-state index in [1.807, 2.05) is 27.7 Å². The van der Waals surface area contributed by atoms with Crippen LogP contribution in [0.2, 0.25) is 0 Å². The molecule has 3 heterocycles. The molecule has 3 aliphatic rings. The third kappa shape index (κ3) is 14.0. The summed E-state index contributed by atoms with van der Waals surface area (Å²) in [7, 11) is 0. The molecule has 0 unspecified atom stereocenters. The standard InChI is InChI=1S/C44H56N4O14S4/c1-9-13-19-47-35(49)27(36(50)48(47)20-14-10-2)41-63-31-29(61-43(55)45-17-23-59-37(51)25(5)6)33-34(30(32(31)64-41)62-44(56)46-18-24-60-38(52)26(7)8)66-42(65-33)28(39(53)57-21-15-11-3)40(54)58-22-16-12-4/h5,7,9-24H2,1-4,6,8H3,(H,45,55)(H,46,56). The van der Waals surface area contributed by atoms with Gasteiger partial charge in [-0.3, -0.25) is 9.59 Å². The molecule has 1 aromatic rings. The lowest BCUT2D eigenvalue weighted by atomic mass is 10.3. The molecule has 0 bridgehead atoms. The smallest absolute Gasteiger partial charge is 0.412 e. The van der Waals surface area contributed by atoms with Gasteiger partial charge in [-0.05, 0) is 39.5 Å². The third-order valence-electron chi connectivity index (χ3n) is 9.23. The summed E-state index contributed by atoms with van der Waals surface area (Å²) in [6.45, 7) is 17.6. The van der Waals surface area contributed by atoms with Gasteiger partial charge in [0, 0.05) is 24.2 Å². The van der Waals surface area contributed by atoms with Crippen molar-refractivity contribution in [3.63, 3.8) is 0 Å². The molecule has 1 saturated heterocycles. The van der Waals surface area contributed by atoms with Crippen molar-refractivity contribution in [1.82, 2.24) is 20.7 Å². The quantitative estimate of drug-likeness (QED) is 0.0252. The Balaban J connectivity index is 1.90. The van der Waals surface area contributed by atoms with Gasteiger partial charge in [-0.2, -0.15) is 0 Å². The Kier molecular flexibility index (Phi) is 21.4. The molecule has 3 aliphatic heterocycles. The second-order valence-electron chi connectivity index (χ2n) is 14.7. The summed E-state index contributed by atoms with van der Waals surface area (Å²) in [5, 5.41) is 7.93. The van der Waals surface area contributed by atoms with Crippen LogP contribution in [-0.4, -0.2) is 111 Å². The van der Waals surface area contributed by atoms with Crippen LogP contribution in [0.25, 0.3) is 0 Å². The van der Waals surface area contributed by atoms with Crippen LogP contribution in [0.15, 0.2) is 63.5 Å². The summed E-state index contributed by atoms with van der Waals surface area (Å²) in [4.78, 5) is 107. The van der Waals surface area contributed by atoms with Crippen molar-refractivity contribution in [2.75, 3.05) is 52.6 Å². The van der Waals surface area contributed by atoms with Gasteiger partial charge in [-0.1, -0.05) is 114 Å². The van der Waals surface area contributed by atoms with E-state index in [1.54, 1.807) is 0 Å². The van der Waals surface area contributed by atoms with E-state index in [0.29, 0.717) is 51.6 Å². The normalized spacial score (nSPS) is 13.8. The molecule has 1 fully saturated rings. The lowest BCUT2D eigenvalue weighted by molar-refractivity contribution is -0.147. The average molecular weight is 993 g/mol. The lowest BCUT2D eigenvalue weighted by Gasteiger charge is -2.27. The Morgan fingerprint density at radius 2 is 0.894 bits per heavy atom.